The normalized spacial score (nSPS) is 21.6. The van der Waals surface area contributed by atoms with Crippen LogP contribution in [-0.2, 0) is 0 Å². The first-order chi connectivity index (χ1) is 8.50. The number of aromatic nitrogens is 2. The van der Waals surface area contributed by atoms with Crippen molar-refractivity contribution in [2.45, 2.75) is 39.2 Å². The highest BCUT2D eigenvalue weighted by Gasteiger charge is 2.32. The molecule has 100 valence electrons. The highest BCUT2D eigenvalue weighted by molar-refractivity contribution is 7.08. The first-order valence-electron chi connectivity index (χ1n) is 6.30. The molecule has 0 aliphatic carbocycles. The van der Waals surface area contributed by atoms with Crippen molar-refractivity contribution < 1.29 is 9.90 Å². The largest absolute Gasteiger partial charge is 0.393 e. The van der Waals surface area contributed by atoms with Crippen molar-refractivity contribution in [1.82, 2.24) is 14.5 Å². The van der Waals surface area contributed by atoms with E-state index in [1.165, 1.54) is 11.5 Å². The minimum absolute atomic E-state index is 0.0110. The van der Waals surface area contributed by atoms with Crippen LogP contribution in [0.5, 0.6) is 0 Å². The van der Waals surface area contributed by atoms with E-state index in [2.05, 4.69) is 9.59 Å². The van der Waals surface area contributed by atoms with E-state index in [0.717, 1.165) is 12.1 Å². The Bertz CT molecular complexity index is 431. The summed E-state index contributed by atoms with van der Waals surface area (Å²) in [4.78, 5) is 14.8. The van der Waals surface area contributed by atoms with Crippen molar-refractivity contribution in [2.75, 3.05) is 13.1 Å². The lowest BCUT2D eigenvalue weighted by molar-refractivity contribution is 0.0765. The lowest BCUT2D eigenvalue weighted by Gasteiger charge is -2.17. The Morgan fingerprint density at radius 3 is 2.78 bits per heavy atom. The average molecular weight is 269 g/mol. The fourth-order valence-electron chi connectivity index (χ4n) is 2.23. The van der Waals surface area contributed by atoms with Crippen molar-refractivity contribution in [3.63, 3.8) is 0 Å². The standard InChI is InChI=1S/C12H19N3O2S/c1-7(2)10-11(18-14-13-10)12(17)15-5-4-9(6-15)8(3)16/h7-9,16H,4-6H2,1-3H3. The summed E-state index contributed by atoms with van der Waals surface area (Å²) in [5.74, 6) is 0.409. The van der Waals surface area contributed by atoms with Gasteiger partial charge in [-0.05, 0) is 30.8 Å². The van der Waals surface area contributed by atoms with Gasteiger partial charge in [0.2, 0.25) is 0 Å². The van der Waals surface area contributed by atoms with Gasteiger partial charge in [-0.15, -0.1) is 5.10 Å². The van der Waals surface area contributed by atoms with Gasteiger partial charge in [0.05, 0.1) is 11.8 Å². The van der Waals surface area contributed by atoms with Gasteiger partial charge in [0.1, 0.15) is 4.88 Å². The summed E-state index contributed by atoms with van der Waals surface area (Å²) in [7, 11) is 0. The monoisotopic (exact) mass is 269 g/mol. The molecule has 1 aliphatic rings. The number of carbonyl (C=O) groups excluding carboxylic acids is 1. The van der Waals surface area contributed by atoms with E-state index in [0.29, 0.717) is 18.0 Å². The number of likely N-dealkylation sites (tertiary alicyclic amines) is 1. The van der Waals surface area contributed by atoms with Crippen LogP contribution < -0.4 is 0 Å². The number of aliphatic hydroxyl groups is 1. The van der Waals surface area contributed by atoms with Crippen LogP contribution in [0.2, 0.25) is 0 Å². The second kappa shape index (κ2) is 5.32. The number of rotatable bonds is 3. The molecule has 0 bridgehead atoms. The van der Waals surface area contributed by atoms with Gasteiger partial charge in [0, 0.05) is 19.0 Å². The fourth-order valence-corrected chi connectivity index (χ4v) is 3.02. The zero-order chi connectivity index (χ0) is 13.3. The molecule has 1 fully saturated rings. The van der Waals surface area contributed by atoms with E-state index < -0.39 is 0 Å². The Morgan fingerprint density at radius 1 is 1.50 bits per heavy atom. The third-order valence-electron chi connectivity index (χ3n) is 3.45. The van der Waals surface area contributed by atoms with E-state index in [9.17, 15) is 9.90 Å². The van der Waals surface area contributed by atoms with E-state index in [4.69, 9.17) is 0 Å². The maximum atomic E-state index is 12.4. The Balaban J connectivity index is 2.11. The summed E-state index contributed by atoms with van der Waals surface area (Å²) in [5.41, 5.74) is 0.783. The van der Waals surface area contributed by atoms with Crippen LogP contribution in [0.1, 0.15) is 48.5 Å². The third kappa shape index (κ3) is 2.54. The van der Waals surface area contributed by atoms with Crippen molar-refractivity contribution in [1.29, 1.82) is 0 Å². The quantitative estimate of drug-likeness (QED) is 0.903. The summed E-state index contributed by atoms with van der Waals surface area (Å²) >= 11 is 1.17. The minimum Gasteiger partial charge on any atom is -0.393 e. The average Bonchev–Trinajstić information content (AvgIpc) is 2.97. The van der Waals surface area contributed by atoms with Crippen LogP contribution in [-0.4, -0.2) is 44.7 Å². The zero-order valence-electron chi connectivity index (χ0n) is 11.0. The van der Waals surface area contributed by atoms with Crippen molar-refractivity contribution in [3.8, 4) is 0 Å². The molecule has 1 amide bonds. The first kappa shape index (κ1) is 13.4. The number of nitrogens with zero attached hydrogens (tertiary/aromatic N) is 3. The van der Waals surface area contributed by atoms with E-state index in [1.807, 2.05) is 13.8 Å². The molecular formula is C12H19N3O2S. The van der Waals surface area contributed by atoms with Gasteiger partial charge in [-0.1, -0.05) is 18.3 Å². The molecule has 2 heterocycles. The summed E-state index contributed by atoms with van der Waals surface area (Å²) < 4.78 is 3.88. The Labute approximate surface area is 111 Å². The molecule has 1 N–H and O–H groups in total. The lowest BCUT2D eigenvalue weighted by atomic mass is 10.0. The smallest absolute Gasteiger partial charge is 0.267 e. The summed E-state index contributed by atoms with van der Waals surface area (Å²) in [5, 5.41) is 13.6. The number of hydrogen-bond donors (Lipinski definition) is 1. The SMILES string of the molecule is CC(C)c1nnsc1C(=O)N1CCC(C(C)O)C1. The fraction of sp³-hybridized carbons (Fsp3) is 0.750. The molecule has 18 heavy (non-hydrogen) atoms. The molecule has 1 aliphatic heterocycles. The topological polar surface area (TPSA) is 66.3 Å². The minimum atomic E-state index is -0.355. The van der Waals surface area contributed by atoms with Gasteiger partial charge >= 0.3 is 0 Å². The van der Waals surface area contributed by atoms with Gasteiger partial charge in [-0.3, -0.25) is 4.79 Å². The molecular weight excluding hydrogens is 250 g/mol. The molecule has 0 aromatic carbocycles. The first-order valence-corrected chi connectivity index (χ1v) is 7.07. The van der Waals surface area contributed by atoms with E-state index >= 15 is 0 Å². The number of hydrogen-bond acceptors (Lipinski definition) is 5. The van der Waals surface area contributed by atoms with E-state index in [1.54, 1.807) is 11.8 Å². The molecule has 0 radical (unpaired) electrons. The number of carbonyl (C=O) groups is 1. The number of aliphatic hydroxyl groups excluding tert-OH is 1. The molecule has 1 saturated heterocycles. The van der Waals surface area contributed by atoms with Gasteiger partial charge in [-0.25, -0.2) is 0 Å². The molecule has 1 aromatic heterocycles. The lowest BCUT2D eigenvalue weighted by Crippen LogP contribution is -2.30. The van der Waals surface area contributed by atoms with Crippen molar-refractivity contribution in [3.05, 3.63) is 10.6 Å². The second-order valence-corrected chi connectivity index (χ2v) is 5.94. The second-order valence-electron chi connectivity index (χ2n) is 5.18. The van der Waals surface area contributed by atoms with Gasteiger partial charge in [0.25, 0.3) is 5.91 Å². The van der Waals surface area contributed by atoms with Crippen molar-refractivity contribution >= 4 is 17.4 Å². The molecule has 0 saturated carbocycles. The predicted octanol–water partition coefficient (Wildman–Crippen LogP) is 1.50. The van der Waals surface area contributed by atoms with Crippen LogP contribution in [0, 0.1) is 5.92 Å². The number of amides is 1. The highest BCUT2D eigenvalue weighted by atomic mass is 32.1. The third-order valence-corrected chi connectivity index (χ3v) is 4.18. The summed E-state index contributed by atoms with van der Waals surface area (Å²) in [6.45, 7) is 7.15. The maximum absolute atomic E-state index is 12.4. The maximum Gasteiger partial charge on any atom is 0.267 e. The Morgan fingerprint density at radius 2 is 2.22 bits per heavy atom. The van der Waals surface area contributed by atoms with Crippen LogP contribution in [0.3, 0.4) is 0 Å². The molecule has 1 aromatic rings. The van der Waals surface area contributed by atoms with Gasteiger partial charge in [0.15, 0.2) is 0 Å². The molecule has 2 atom stereocenters. The molecule has 0 spiro atoms. The van der Waals surface area contributed by atoms with Gasteiger partial charge < -0.3 is 10.0 Å². The van der Waals surface area contributed by atoms with Crippen molar-refractivity contribution in [2.24, 2.45) is 5.92 Å². The van der Waals surface area contributed by atoms with Gasteiger partial charge in [-0.2, -0.15) is 0 Å². The Kier molecular flexibility index (Phi) is 3.97. The molecule has 6 heteroatoms. The summed E-state index contributed by atoms with van der Waals surface area (Å²) in [6, 6.07) is 0. The van der Waals surface area contributed by atoms with Crippen LogP contribution in [0.15, 0.2) is 0 Å². The van der Waals surface area contributed by atoms with Crippen LogP contribution >= 0.6 is 11.5 Å². The van der Waals surface area contributed by atoms with E-state index in [-0.39, 0.29) is 23.8 Å². The summed E-state index contributed by atoms with van der Waals surface area (Å²) in [6.07, 6.45) is 0.513. The Hall–Kier alpha value is -1.01. The van der Waals surface area contributed by atoms with Crippen LogP contribution in [0.4, 0.5) is 0 Å². The molecule has 2 unspecified atom stereocenters. The molecule has 2 rings (SSSR count). The zero-order valence-corrected chi connectivity index (χ0v) is 11.8. The highest BCUT2D eigenvalue weighted by Crippen LogP contribution is 2.26. The molecule has 5 nitrogen and oxygen atoms in total. The predicted molar refractivity (Wildman–Crippen MR) is 69.7 cm³/mol. The van der Waals surface area contributed by atoms with Crippen LogP contribution in [0.25, 0.3) is 0 Å².